The minimum atomic E-state index is -4.69. The molecule has 0 spiro atoms. The fourth-order valence-corrected chi connectivity index (χ4v) is 2.75. The first-order valence-electron chi connectivity index (χ1n) is 5.36. The highest BCUT2D eigenvalue weighted by atomic mass is 32.2. The minimum Gasteiger partial charge on any atom is -0.481 e. The second kappa shape index (κ2) is 5.48. The third-order valence-corrected chi connectivity index (χ3v) is 4.61. The molecule has 3 nitrogen and oxygen atoms in total. The molecular formula is C10H16F3NO2S. The lowest BCUT2D eigenvalue weighted by Gasteiger charge is -2.40. The van der Waals surface area contributed by atoms with Gasteiger partial charge in [0.25, 0.3) is 0 Å². The number of carboxylic acids is 1. The quantitative estimate of drug-likeness (QED) is 0.777. The molecule has 2 N–H and O–H groups in total. The van der Waals surface area contributed by atoms with Crippen molar-refractivity contribution in [3.05, 3.63) is 0 Å². The summed E-state index contributed by atoms with van der Waals surface area (Å²) in [7, 11) is 0. The van der Waals surface area contributed by atoms with Gasteiger partial charge in [-0.15, -0.1) is 0 Å². The maximum Gasteiger partial charge on any atom is 0.403 e. The van der Waals surface area contributed by atoms with E-state index < -0.39 is 24.6 Å². The maximum absolute atomic E-state index is 12.3. The number of aliphatic carboxylic acids is 1. The van der Waals surface area contributed by atoms with Gasteiger partial charge in [-0.25, -0.2) is 0 Å². The first-order valence-corrected chi connectivity index (χ1v) is 6.59. The molecule has 0 amide bonds. The number of carboxylic acid groups (broad SMARTS) is 1. The standard InChI is InChI=1S/C10H16F3NO2S/c1-17-9(3-2-4-9)6-14-5-7(8(15)16)10(11,12)13/h7,14H,2-6H2,1H3,(H,15,16). The highest BCUT2D eigenvalue weighted by Crippen LogP contribution is 2.42. The molecule has 1 atom stereocenters. The molecule has 0 aliphatic heterocycles. The molecule has 1 fully saturated rings. The molecular weight excluding hydrogens is 255 g/mol. The highest BCUT2D eigenvalue weighted by molar-refractivity contribution is 8.00. The van der Waals surface area contributed by atoms with Gasteiger partial charge in [0.05, 0.1) is 0 Å². The molecule has 0 heterocycles. The van der Waals surface area contributed by atoms with Crippen LogP contribution in [-0.4, -0.2) is 41.3 Å². The van der Waals surface area contributed by atoms with E-state index in [9.17, 15) is 18.0 Å². The van der Waals surface area contributed by atoms with Gasteiger partial charge in [0, 0.05) is 17.8 Å². The Hall–Kier alpha value is -0.430. The van der Waals surface area contributed by atoms with Crippen molar-refractivity contribution in [2.45, 2.75) is 30.2 Å². The van der Waals surface area contributed by atoms with Gasteiger partial charge in [0.15, 0.2) is 5.92 Å². The van der Waals surface area contributed by atoms with Crippen molar-refractivity contribution in [1.82, 2.24) is 5.32 Å². The van der Waals surface area contributed by atoms with E-state index in [1.165, 1.54) is 0 Å². The van der Waals surface area contributed by atoms with Crippen LogP contribution >= 0.6 is 11.8 Å². The van der Waals surface area contributed by atoms with Gasteiger partial charge in [-0.05, 0) is 19.1 Å². The Balaban J connectivity index is 2.40. The summed E-state index contributed by atoms with van der Waals surface area (Å²) in [5.74, 6) is -4.14. The van der Waals surface area contributed by atoms with Crippen molar-refractivity contribution >= 4 is 17.7 Å². The SMILES string of the molecule is CSC1(CNCC(C(=O)O)C(F)(F)F)CCC1. The smallest absolute Gasteiger partial charge is 0.403 e. The van der Waals surface area contributed by atoms with Crippen LogP contribution in [0.2, 0.25) is 0 Å². The van der Waals surface area contributed by atoms with E-state index in [0.29, 0.717) is 6.54 Å². The third-order valence-electron chi connectivity index (χ3n) is 3.19. The molecule has 0 bridgehead atoms. The van der Waals surface area contributed by atoms with Crippen LogP contribution in [0.25, 0.3) is 0 Å². The predicted molar refractivity (Wildman–Crippen MR) is 60.1 cm³/mol. The van der Waals surface area contributed by atoms with Crippen molar-refractivity contribution in [3.63, 3.8) is 0 Å². The lowest BCUT2D eigenvalue weighted by atomic mass is 9.84. The summed E-state index contributed by atoms with van der Waals surface area (Å²) in [6, 6.07) is 0. The average molecular weight is 271 g/mol. The van der Waals surface area contributed by atoms with Crippen LogP contribution in [0.5, 0.6) is 0 Å². The zero-order chi connectivity index (χ0) is 13.1. The second-order valence-corrected chi connectivity index (χ2v) is 5.58. The van der Waals surface area contributed by atoms with E-state index in [1.54, 1.807) is 11.8 Å². The molecule has 17 heavy (non-hydrogen) atoms. The van der Waals surface area contributed by atoms with E-state index in [1.807, 2.05) is 6.26 Å². The molecule has 7 heteroatoms. The molecule has 0 aromatic rings. The van der Waals surface area contributed by atoms with Gasteiger partial charge < -0.3 is 10.4 Å². The Morgan fingerprint density at radius 1 is 1.53 bits per heavy atom. The third kappa shape index (κ3) is 3.77. The normalized spacial score (nSPS) is 20.7. The molecule has 100 valence electrons. The summed E-state index contributed by atoms with van der Waals surface area (Å²) in [4.78, 5) is 10.5. The fourth-order valence-electron chi connectivity index (χ4n) is 1.81. The van der Waals surface area contributed by atoms with Crippen LogP contribution in [0, 0.1) is 5.92 Å². The lowest BCUT2D eigenvalue weighted by molar-refractivity contribution is -0.192. The zero-order valence-corrected chi connectivity index (χ0v) is 10.3. The number of hydrogen-bond acceptors (Lipinski definition) is 3. The summed E-state index contributed by atoms with van der Waals surface area (Å²) in [6.07, 6.45) is 0.282. The van der Waals surface area contributed by atoms with Gasteiger partial charge in [0.2, 0.25) is 0 Å². The van der Waals surface area contributed by atoms with Crippen LogP contribution in [0.15, 0.2) is 0 Å². The van der Waals surface area contributed by atoms with Crippen molar-refractivity contribution < 1.29 is 23.1 Å². The Kier molecular flexibility index (Phi) is 4.71. The van der Waals surface area contributed by atoms with E-state index in [4.69, 9.17) is 5.11 Å². The predicted octanol–water partition coefficient (Wildman–Crippen LogP) is 2.12. The first-order chi connectivity index (χ1) is 7.81. The summed E-state index contributed by atoms with van der Waals surface area (Å²) in [5.41, 5.74) is 0. The zero-order valence-electron chi connectivity index (χ0n) is 9.51. The van der Waals surface area contributed by atoms with E-state index in [-0.39, 0.29) is 4.75 Å². The van der Waals surface area contributed by atoms with Crippen LogP contribution in [0.1, 0.15) is 19.3 Å². The van der Waals surface area contributed by atoms with Crippen LogP contribution in [-0.2, 0) is 4.79 Å². The number of nitrogens with one attached hydrogen (secondary N) is 1. The van der Waals surface area contributed by atoms with Gasteiger partial charge in [-0.2, -0.15) is 24.9 Å². The first kappa shape index (κ1) is 14.6. The Bertz CT molecular complexity index is 274. The summed E-state index contributed by atoms with van der Waals surface area (Å²) >= 11 is 1.64. The molecule has 1 aliphatic carbocycles. The minimum absolute atomic E-state index is 0.00858. The number of hydrogen-bond donors (Lipinski definition) is 2. The molecule has 0 aromatic carbocycles. The second-order valence-electron chi connectivity index (χ2n) is 4.30. The van der Waals surface area contributed by atoms with E-state index >= 15 is 0 Å². The van der Waals surface area contributed by atoms with Crippen molar-refractivity contribution in [2.75, 3.05) is 19.3 Å². The summed E-state index contributed by atoms with van der Waals surface area (Å²) in [6.45, 7) is -0.116. The van der Waals surface area contributed by atoms with Gasteiger partial charge >= 0.3 is 12.1 Å². The molecule has 1 unspecified atom stereocenters. The molecule has 1 rings (SSSR count). The molecule has 1 saturated carbocycles. The van der Waals surface area contributed by atoms with Gasteiger partial charge in [-0.1, -0.05) is 6.42 Å². The maximum atomic E-state index is 12.3. The van der Waals surface area contributed by atoms with Crippen LogP contribution in [0.4, 0.5) is 13.2 Å². The summed E-state index contributed by atoms with van der Waals surface area (Å²) < 4.78 is 37.0. The van der Waals surface area contributed by atoms with Crippen molar-refractivity contribution in [3.8, 4) is 0 Å². The van der Waals surface area contributed by atoms with Crippen LogP contribution < -0.4 is 5.32 Å². The highest BCUT2D eigenvalue weighted by Gasteiger charge is 2.45. The molecule has 1 aliphatic rings. The molecule has 0 aromatic heterocycles. The topological polar surface area (TPSA) is 49.3 Å². The van der Waals surface area contributed by atoms with Crippen molar-refractivity contribution in [2.24, 2.45) is 5.92 Å². The largest absolute Gasteiger partial charge is 0.481 e. The van der Waals surface area contributed by atoms with Crippen LogP contribution in [0.3, 0.4) is 0 Å². The summed E-state index contributed by atoms with van der Waals surface area (Å²) in [5, 5.41) is 11.1. The van der Waals surface area contributed by atoms with E-state index in [0.717, 1.165) is 19.3 Å². The van der Waals surface area contributed by atoms with Gasteiger partial charge in [-0.3, -0.25) is 4.79 Å². The Morgan fingerprint density at radius 3 is 2.41 bits per heavy atom. The van der Waals surface area contributed by atoms with Gasteiger partial charge in [0.1, 0.15) is 0 Å². The number of alkyl halides is 3. The Morgan fingerprint density at radius 2 is 2.12 bits per heavy atom. The fraction of sp³-hybridized carbons (Fsp3) is 0.900. The van der Waals surface area contributed by atoms with Crippen molar-refractivity contribution in [1.29, 1.82) is 0 Å². The molecule has 0 radical (unpaired) electrons. The molecule has 0 saturated heterocycles. The Labute approximate surface area is 102 Å². The number of halogens is 3. The monoisotopic (exact) mass is 271 g/mol. The number of rotatable bonds is 6. The average Bonchev–Trinajstić information content (AvgIpc) is 2.13. The van der Waals surface area contributed by atoms with E-state index in [2.05, 4.69) is 5.32 Å². The number of carbonyl (C=O) groups is 1. The lowest BCUT2D eigenvalue weighted by Crippen LogP contribution is -2.47. The number of thioether (sulfide) groups is 1.